The van der Waals surface area contributed by atoms with E-state index in [9.17, 15) is 8.42 Å². The Kier molecular flexibility index (Phi) is 10.6. The van der Waals surface area contributed by atoms with Crippen molar-refractivity contribution in [3.63, 3.8) is 0 Å². The number of ether oxygens (including phenoxy) is 2. The van der Waals surface area contributed by atoms with E-state index in [1.807, 2.05) is 26.0 Å². The minimum absolute atomic E-state index is 0.0301. The first-order valence-electron chi connectivity index (χ1n) is 14.5. The van der Waals surface area contributed by atoms with Crippen LogP contribution in [0.2, 0.25) is 5.04 Å². The quantitative estimate of drug-likeness (QED) is 0.194. The summed E-state index contributed by atoms with van der Waals surface area (Å²) in [5.74, 6) is -0.279. The van der Waals surface area contributed by atoms with E-state index in [0.717, 1.165) is 24.8 Å². The number of hydrogen-bond acceptors (Lipinski definition) is 6. The van der Waals surface area contributed by atoms with Crippen molar-refractivity contribution in [1.29, 1.82) is 0 Å². The van der Waals surface area contributed by atoms with Crippen LogP contribution in [-0.4, -0.2) is 48.9 Å². The molecule has 0 aromatic heterocycles. The van der Waals surface area contributed by atoms with Gasteiger partial charge in [0.1, 0.15) is 0 Å². The molecule has 3 aromatic carbocycles. The van der Waals surface area contributed by atoms with Gasteiger partial charge in [0.15, 0.2) is 6.29 Å². The van der Waals surface area contributed by atoms with E-state index in [-0.39, 0.29) is 35.4 Å². The molecule has 4 rings (SSSR count). The maximum absolute atomic E-state index is 13.0. The van der Waals surface area contributed by atoms with E-state index < -0.39 is 24.5 Å². The van der Waals surface area contributed by atoms with Crippen LogP contribution < -0.4 is 10.4 Å². The fraction of sp³-hybridized carbons (Fsp3) is 0.455. The lowest BCUT2D eigenvalue weighted by Gasteiger charge is -2.44. The van der Waals surface area contributed by atoms with Gasteiger partial charge in [0.2, 0.25) is 0 Å². The average molecular weight is 597 g/mol. The summed E-state index contributed by atoms with van der Waals surface area (Å²) < 4.78 is 51.1. The first-order chi connectivity index (χ1) is 19.5. The van der Waals surface area contributed by atoms with Crippen molar-refractivity contribution in [2.24, 2.45) is 5.92 Å². The molecule has 0 bridgehead atoms. The van der Waals surface area contributed by atoms with Crippen molar-refractivity contribution in [3.8, 4) is 0 Å². The van der Waals surface area contributed by atoms with Gasteiger partial charge in [-0.3, -0.25) is 4.18 Å². The zero-order chi connectivity index (χ0) is 29.5. The van der Waals surface area contributed by atoms with E-state index in [1.165, 1.54) is 10.4 Å². The van der Waals surface area contributed by atoms with Crippen molar-refractivity contribution in [3.05, 3.63) is 90.5 Å². The Bertz CT molecular complexity index is 1280. The lowest BCUT2D eigenvalue weighted by atomic mass is 10.1. The first kappa shape index (κ1) is 31.6. The molecule has 6 nitrogen and oxygen atoms in total. The second-order valence-corrected chi connectivity index (χ2v) is 17.9. The highest BCUT2D eigenvalue weighted by Gasteiger charge is 2.50. The molecule has 0 N–H and O–H groups in total. The van der Waals surface area contributed by atoms with E-state index in [1.54, 1.807) is 24.3 Å². The fourth-order valence-electron chi connectivity index (χ4n) is 5.40. The van der Waals surface area contributed by atoms with Crippen LogP contribution in [0.5, 0.6) is 0 Å². The van der Waals surface area contributed by atoms with Gasteiger partial charge in [-0.05, 0) is 53.7 Å². The summed E-state index contributed by atoms with van der Waals surface area (Å²) in [5, 5.41) is 2.16. The highest BCUT2D eigenvalue weighted by Crippen LogP contribution is 2.37. The van der Waals surface area contributed by atoms with Crippen LogP contribution in [0.15, 0.2) is 89.8 Å². The van der Waals surface area contributed by atoms with E-state index in [2.05, 4.69) is 69.3 Å². The van der Waals surface area contributed by atoms with Gasteiger partial charge in [0.25, 0.3) is 18.4 Å². The summed E-state index contributed by atoms with van der Waals surface area (Å²) in [4.78, 5) is 0.145. The highest BCUT2D eigenvalue weighted by atomic mass is 32.2. The summed E-state index contributed by atoms with van der Waals surface area (Å²) in [7, 11) is -6.73. The van der Waals surface area contributed by atoms with Crippen LogP contribution in [0.3, 0.4) is 0 Å². The van der Waals surface area contributed by atoms with Gasteiger partial charge in [-0.25, -0.2) is 0 Å². The smallest absolute Gasteiger partial charge is 0.296 e. The van der Waals surface area contributed by atoms with Crippen molar-refractivity contribution in [1.82, 2.24) is 0 Å². The molecule has 0 spiro atoms. The van der Waals surface area contributed by atoms with Gasteiger partial charge in [-0.15, -0.1) is 0 Å². The van der Waals surface area contributed by atoms with Crippen molar-refractivity contribution in [2.45, 2.75) is 76.2 Å². The SMILES string of the molecule is Cc1ccc(S(=O)(=O)OC[C@H](C)[C@H](CO[Si](c2ccccc2)(c2ccccc2)C(C)(C)C)OC2CCCCO2)cc1. The van der Waals surface area contributed by atoms with E-state index in [4.69, 9.17) is 18.1 Å². The maximum Gasteiger partial charge on any atom is 0.296 e. The molecule has 41 heavy (non-hydrogen) atoms. The van der Waals surface area contributed by atoms with Crippen LogP contribution in [0.25, 0.3) is 0 Å². The Labute approximate surface area is 247 Å². The molecule has 3 atom stereocenters. The van der Waals surface area contributed by atoms with Crippen LogP contribution in [0.4, 0.5) is 0 Å². The van der Waals surface area contributed by atoms with Crippen LogP contribution >= 0.6 is 0 Å². The normalized spacial score (nSPS) is 18.1. The van der Waals surface area contributed by atoms with Gasteiger partial charge in [-0.1, -0.05) is 106 Å². The molecule has 0 radical (unpaired) electrons. The number of benzene rings is 3. The van der Waals surface area contributed by atoms with Crippen molar-refractivity contribution < 1.29 is 26.5 Å². The summed E-state index contributed by atoms with van der Waals surface area (Å²) in [6.45, 7) is 11.5. The number of rotatable bonds is 12. The zero-order valence-corrected chi connectivity index (χ0v) is 26.7. The molecule has 1 unspecified atom stereocenters. The average Bonchev–Trinajstić information content (AvgIpc) is 2.97. The number of aryl methyl sites for hydroxylation is 1. The largest absolute Gasteiger partial charge is 0.405 e. The molecular formula is C33H44O6SSi. The Morgan fingerprint density at radius 1 is 0.878 bits per heavy atom. The molecular weight excluding hydrogens is 553 g/mol. The van der Waals surface area contributed by atoms with Gasteiger partial charge >= 0.3 is 0 Å². The molecule has 222 valence electrons. The molecule has 0 amide bonds. The van der Waals surface area contributed by atoms with Crippen LogP contribution in [-0.2, 0) is 28.2 Å². The number of hydrogen-bond donors (Lipinski definition) is 0. The van der Waals surface area contributed by atoms with Gasteiger partial charge in [-0.2, -0.15) is 8.42 Å². The minimum atomic E-state index is -3.91. The molecule has 1 heterocycles. The van der Waals surface area contributed by atoms with Gasteiger partial charge in [0.05, 0.1) is 24.2 Å². The summed E-state index contributed by atoms with van der Waals surface area (Å²) in [5.41, 5.74) is 0.985. The monoisotopic (exact) mass is 596 g/mol. The molecule has 1 saturated heterocycles. The van der Waals surface area contributed by atoms with Crippen molar-refractivity contribution >= 4 is 28.8 Å². The topological polar surface area (TPSA) is 71.1 Å². The third-order valence-corrected chi connectivity index (χ3v) is 14.1. The molecule has 3 aromatic rings. The highest BCUT2D eigenvalue weighted by molar-refractivity contribution is 7.86. The van der Waals surface area contributed by atoms with Gasteiger partial charge < -0.3 is 13.9 Å². The Hall–Kier alpha value is -2.33. The zero-order valence-electron chi connectivity index (χ0n) is 24.9. The predicted octanol–water partition coefficient (Wildman–Crippen LogP) is 5.82. The fourth-order valence-corrected chi connectivity index (χ4v) is 11.0. The minimum Gasteiger partial charge on any atom is -0.405 e. The van der Waals surface area contributed by atoms with E-state index >= 15 is 0 Å². The Balaban J connectivity index is 1.62. The summed E-state index contributed by atoms with van der Waals surface area (Å²) >= 11 is 0. The molecule has 1 aliphatic heterocycles. The second kappa shape index (κ2) is 13.8. The molecule has 1 fully saturated rings. The Morgan fingerprint density at radius 3 is 1.98 bits per heavy atom. The van der Waals surface area contributed by atoms with Crippen LogP contribution in [0, 0.1) is 12.8 Å². The first-order valence-corrected chi connectivity index (χ1v) is 17.8. The standard InChI is InChI=1S/C33H44O6SSi/c1-26-19-21-28(22-20-26)40(34,35)37-24-27(2)31(39-32-18-12-13-23-36-32)25-38-41(33(3,4)5,29-14-8-6-9-15-29)30-16-10-7-11-17-30/h6-11,14-17,19-22,27,31-32H,12-13,18,23-25H2,1-5H3/t27-,31-,32?/m0/s1. The summed E-state index contributed by atoms with van der Waals surface area (Å²) in [6.07, 6.45) is 2.04. The lowest BCUT2D eigenvalue weighted by Crippen LogP contribution is -2.67. The Morgan fingerprint density at radius 2 is 1.46 bits per heavy atom. The van der Waals surface area contributed by atoms with E-state index in [0.29, 0.717) is 6.61 Å². The summed E-state index contributed by atoms with van der Waals surface area (Å²) in [6, 6.07) is 27.6. The third-order valence-electron chi connectivity index (χ3n) is 7.78. The van der Waals surface area contributed by atoms with Gasteiger partial charge in [0, 0.05) is 12.5 Å². The molecule has 8 heteroatoms. The predicted molar refractivity (Wildman–Crippen MR) is 166 cm³/mol. The molecule has 1 aliphatic rings. The lowest BCUT2D eigenvalue weighted by molar-refractivity contribution is -0.204. The third kappa shape index (κ3) is 7.74. The van der Waals surface area contributed by atoms with Crippen LogP contribution in [0.1, 0.15) is 52.5 Å². The second-order valence-electron chi connectivity index (χ2n) is 12.0. The maximum atomic E-state index is 13.0. The molecule has 0 aliphatic carbocycles. The molecule has 0 saturated carbocycles. The van der Waals surface area contributed by atoms with Crippen molar-refractivity contribution in [2.75, 3.05) is 19.8 Å².